The molecule has 1 aromatic carbocycles. The van der Waals surface area contributed by atoms with E-state index in [1.807, 2.05) is 0 Å². The number of hydrogen-bond acceptors (Lipinski definition) is 2. The molecule has 0 aliphatic heterocycles. The van der Waals surface area contributed by atoms with Crippen LogP contribution in [0.1, 0.15) is 37.8 Å². The van der Waals surface area contributed by atoms with Gasteiger partial charge in [-0.05, 0) is 31.9 Å². The number of nitrogens with one attached hydrogen (secondary N) is 1. The molecule has 0 saturated heterocycles. The van der Waals surface area contributed by atoms with Crippen molar-refractivity contribution >= 4 is 0 Å². The summed E-state index contributed by atoms with van der Waals surface area (Å²) in [6, 6.07) is 8.77. The Bertz CT molecular complexity index is 316. The molecule has 2 N–H and O–H groups in total. The Balaban J connectivity index is 2.42. The van der Waals surface area contributed by atoms with Crippen molar-refractivity contribution in [2.75, 3.05) is 19.7 Å². The average molecular weight is 235 g/mol. The normalized spacial score (nSPS) is 11.8. The first kappa shape index (κ1) is 14.2. The fraction of sp³-hybridized carbons (Fsp3) is 0.600. The highest BCUT2D eigenvalue weighted by atomic mass is 16.2. The van der Waals surface area contributed by atoms with Crippen LogP contribution in [-0.2, 0) is 5.41 Å². The first-order valence-corrected chi connectivity index (χ1v) is 6.45. The van der Waals surface area contributed by atoms with Crippen molar-refractivity contribution in [2.24, 2.45) is 0 Å². The fourth-order valence-electron chi connectivity index (χ4n) is 1.87. The molecule has 0 aliphatic rings. The summed E-state index contributed by atoms with van der Waals surface area (Å²) in [6.07, 6.45) is 1.93. The van der Waals surface area contributed by atoms with Crippen LogP contribution in [0.2, 0.25) is 0 Å². The number of unbranched alkanes of at least 4 members (excludes halogenated alkanes) is 1. The van der Waals surface area contributed by atoms with E-state index in [4.69, 9.17) is 5.11 Å². The predicted molar refractivity (Wildman–Crippen MR) is 73.4 cm³/mol. The summed E-state index contributed by atoms with van der Waals surface area (Å²) < 4.78 is 0. The van der Waals surface area contributed by atoms with E-state index in [2.05, 4.69) is 50.4 Å². The van der Waals surface area contributed by atoms with Gasteiger partial charge < -0.3 is 10.4 Å². The summed E-state index contributed by atoms with van der Waals surface area (Å²) in [5.74, 6) is 0. The molecule has 1 aromatic rings. The summed E-state index contributed by atoms with van der Waals surface area (Å²) in [7, 11) is 0. The lowest BCUT2D eigenvalue weighted by atomic mass is 9.84. The number of aliphatic hydroxyl groups excluding tert-OH is 1. The first-order valence-electron chi connectivity index (χ1n) is 6.45. The molecule has 0 heterocycles. The van der Waals surface area contributed by atoms with Crippen LogP contribution in [0.3, 0.4) is 0 Å². The van der Waals surface area contributed by atoms with Gasteiger partial charge in [0.05, 0.1) is 0 Å². The standard InChI is InChI=1S/C15H25NO/c1-13-6-8-14(9-7-13)15(2,3)12-16-10-4-5-11-17/h6-9,16-17H,4-5,10-12H2,1-3H3. The number of aryl methyl sites for hydroxylation is 1. The van der Waals surface area contributed by atoms with E-state index < -0.39 is 0 Å². The Morgan fingerprint density at radius 2 is 1.76 bits per heavy atom. The third-order valence-corrected chi connectivity index (χ3v) is 3.16. The van der Waals surface area contributed by atoms with Crippen molar-refractivity contribution in [3.63, 3.8) is 0 Å². The monoisotopic (exact) mass is 235 g/mol. The van der Waals surface area contributed by atoms with Crippen molar-refractivity contribution in [1.82, 2.24) is 5.32 Å². The molecular formula is C15H25NO. The van der Waals surface area contributed by atoms with Gasteiger partial charge in [0.15, 0.2) is 0 Å². The number of rotatable bonds is 7. The Morgan fingerprint density at radius 3 is 2.35 bits per heavy atom. The molecule has 0 spiro atoms. The quantitative estimate of drug-likeness (QED) is 0.712. The van der Waals surface area contributed by atoms with Crippen LogP contribution in [0.25, 0.3) is 0 Å². The first-order chi connectivity index (χ1) is 8.06. The third kappa shape index (κ3) is 4.88. The van der Waals surface area contributed by atoms with Gasteiger partial charge >= 0.3 is 0 Å². The maximum absolute atomic E-state index is 8.70. The van der Waals surface area contributed by atoms with Crippen LogP contribution in [0, 0.1) is 6.92 Å². The molecular weight excluding hydrogens is 210 g/mol. The average Bonchev–Trinajstić information content (AvgIpc) is 2.29. The smallest absolute Gasteiger partial charge is 0.0431 e. The Kier molecular flexibility index (Phi) is 5.66. The van der Waals surface area contributed by atoms with E-state index in [1.165, 1.54) is 11.1 Å². The second kappa shape index (κ2) is 6.77. The molecule has 0 unspecified atom stereocenters. The minimum absolute atomic E-state index is 0.160. The SMILES string of the molecule is Cc1ccc(C(C)(C)CNCCCCO)cc1. The molecule has 96 valence electrons. The van der Waals surface area contributed by atoms with Gasteiger partial charge in [0.1, 0.15) is 0 Å². The van der Waals surface area contributed by atoms with Crippen molar-refractivity contribution in [3.05, 3.63) is 35.4 Å². The minimum atomic E-state index is 0.160. The van der Waals surface area contributed by atoms with Gasteiger partial charge in [0.25, 0.3) is 0 Å². The molecule has 0 saturated carbocycles. The maximum Gasteiger partial charge on any atom is 0.0431 e. The van der Waals surface area contributed by atoms with Crippen LogP contribution in [0.4, 0.5) is 0 Å². The van der Waals surface area contributed by atoms with Crippen molar-refractivity contribution in [1.29, 1.82) is 0 Å². The second-order valence-electron chi connectivity index (χ2n) is 5.36. The molecule has 1 rings (SSSR count). The largest absolute Gasteiger partial charge is 0.396 e. The molecule has 0 fully saturated rings. The molecule has 2 nitrogen and oxygen atoms in total. The van der Waals surface area contributed by atoms with Crippen molar-refractivity contribution < 1.29 is 5.11 Å². The minimum Gasteiger partial charge on any atom is -0.396 e. The van der Waals surface area contributed by atoms with Gasteiger partial charge in [0.2, 0.25) is 0 Å². The van der Waals surface area contributed by atoms with Gasteiger partial charge in [-0.15, -0.1) is 0 Å². The summed E-state index contributed by atoms with van der Waals surface area (Å²) in [4.78, 5) is 0. The van der Waals surface area contributed by atoms with Crippen LogP contribution in [0.5, 0.6) is 0 Å². The molecule has 0 atom stereocenters. The van der Waals surface area contributed by atoms with Gasteiger partial charge in [0, 0.05) is 18.6 Å². The molecule has 0 aliphatic carbocycles. The van der Waals surface area contributed by atoms with E-state index in [0.717, 1.165) is 25.9 Å². The van der Waals surface area contributed by atoms with Crippen LogP contribution in [0.15, 0.2) is 24.3 Å². The molecule has 0 radical (unpaired) electrons. The van der Waals surface area contributed by atoms with Crippen LogP contribution in [-0.4, -0.2) is 24.8 Å². The van der Waals surface area contributed by atoms with Gasteiger partial charge in [-0.2, -0.15) is 0 Å². The highest BCUT2D eigenvalue weighted by Gasteiger charge is 2.19. The summed E-state index contributed by atoms with van der Waals surface area (Å²) in [5.41, 5.74) is 2.84. The molecule has 0 amide bonds. The van der Waals surface area contributed by atoms with Crippen molar-refractivity contribution in [3.8, 4) is 0 Å². The number of hydrogen-bond donors (Lipinski definition) is 2. The highest BCUT2D eigenvalue weighted by molar-refractivity contribution is 5.27. The van der Waals surface area contributed by atoms with E-state index >= 15 is 0 Å². The van der Waals surface area contributed by atoms with E-state index in [9.17, 15) is 0 Å². The zero-order valence-corrected chi connectivity index (χ0v) is 11.3. The lowest BCUT2D eigenvalue weighted by molar-refractivity contribution is 0.283. The third-order valence-electron chi connectivity index (χ3n) is 3.16. The van der Waals surface area contributed by atoms with E-state index in [0.29, 0.717) is 6.61 Å². The van der Waals surface area contributed by atoms with Crippen LogP contribution >= 0.6 is 0 Å². The Hall–Kier alpha value is -0.860. The van der Waals surface area contributed by atoms with Crippen LogP contribution < -0.4 is 5.32 Å². The highest BCUT2D eigenvalue weighted by Crippen LogP contribution is 2.22. The molecule has 0 aromatic heterocycles. The Morgan fingerprint density at radius 1 is 1.12 bits per heavy atom. The fourth-order valence-corrected chi connectivity index (χ4v) is 1.87. The zero-order valence-electron chi connectivity index (χ0n) is 11.3. The second-order valence-corrected chi connectivity index (χ2v) is 5.36. The Labute approximate surface area is 105 Å². The topological polar surface area (TPSA) is 32.3 Å². The van der Waals surface area contributed by atoms with Gasteiger partial charge in [-0.3, -0.25) is 0 Å². The maximum atomic E-state index is 8.70. The molecule has 2 heteroatoms. The molecule has 17 heavy (non-hydrogen) atoms. The molecule has 0 bridgehead atoms. The summed E-state index contributed by atoms with van der Waals surface area (Å²) in [5, 5.41) is 12.2. The van der Waals surface area contributed by atoms with Crippen molar-refractivity contribution in [2.45, 2.75) is 39.0 Å². The van der Waals surface area contributed by atoms with E-state index in [1.54, 1.807) is 0 Å². The lowest BCUT2D eigenvalue weighted by Gasteiger charge is -2.26. The summed E-state index contributed by atoms with van der Waals surface area (Å²) in [6.45, 7) is 8.89. The summed E-state index contributed by atoms with van der Waals surface area (Å²) >= 11 is 0. The van der Waals surface area contributed by atoms with Gasteiger partial charge in [-0.25, -0.2) is 0 Å². The number of aliphatic hydroxyl groups is 1. The van der Waals surface area contributed by atoms with Gasteiger partial charge in [-0.1, -0.05) is 43.7 Å². The zero-order chi connectivity index (χ0) is 12.7. The lowest BCUT2D eigenvalue weighted by Crippen LogP contribution is -2.33. The number of benzene rings is 1. The predicted octanol–water partition coefficient (Wildman–Crippen LogP) is 2.63. The van der Waals surface area contributed by atoms with E-state index in [-0.39, 0.29) is 5.41 Å².